The Labute approximate surface area is 326 Å². The van der Waals surface area contributed by atoms with Gasteiger partial charge >= 0.3 is 0 Å². The Balaban J connectivity index is 1.09. The predicted molar refractivity (Wildman–Crippen MR) is 237 cm³/mol. The van der Waals surface area contributed by atoms with Crippen LogP contribution >= 0.6 is 11.3 Å². The molecule has 12 aromatic rings. The summed E-state index contributed by atoms with van der Waals surface area (Å²) in [6.07, 6.45) is 0. The SMILES string of the molecule is Cc1c(-c2cccc3oc4c(-n5c6ccccc6c6c7sc8ccccc8c7ccc65)cccc4c23)nc2ccccc2c1-c1ccc(-c2ccccc2)cc1. The summed E-state index contributed by atoms with van der Waals surface area (Å²) in [6, 6.07) is 63.1. The maximum absolute atomic E-state index is 6.95. The lowest BCUT2D eigenvalue weighted by atomic mass is 9.91. The average molecular weight is 733 g/mol. The fraction of sp³-hybridized carbons (Fsp3) is 0.0192. The Morgan fingerprint density at radius 2 is 1.20 bits per heavy atom. The second-order valence-corrected chi connectivity index (χ2v) is 15.7. The summed E-state index contributed by atoms with van der Waals surface area (Å²) in [5.74, 6) is 0. The quantitative estimate of drug-likeness (QED) is 0.180. The standard InChI is InChI=1S/C52H32N2OS/c1-31-47(34-27-25-33(26-28-34)32-13-3-2-4-14-32)37-16-5-8-20-41(37)53-50(31)39-18-12-23-45-48(39)40-19-11-22-44(51(40)55-45)54-42-21-9-6-17-38(42)49-43(54)30-29-36-35-15-7-10-24-46(35)56-52(36)49/h2-30H,1H3. The smallest absolute Gasteiger partial charge is 0.159 e. The molecule has 0 saturated heterocycles. The highest BCUT2D eigenvalue weighted by Crippen LogP contribution is 2.46. The van der Waals surface area contributed by atoms with Gasteiger partial charge in [0.2, 0.25) is 0 Å². The summed E-state index contributed by atoms with van der Waals surface area (Å²) in [4.78, 5) is 5.39. The number of thiophene rings is 1. The van der Waals surface area contributed by atoms with Crippen molar-refractivity contribution in [3.63, 3.8) is 0 Å². The number of para-hydroxylation sites is 3. The van der Waals surface area contributed by atoms with Crippen LogP contribution in [0.15, 0.2) is 180 Å². The van der Waals surface area contributed by atoms with Gasteiger partial charge in [-0.05, 0) is 71.1 Å². The molecule has 8 aromatic carbocycles. The molecule has 0 aliphatic rings. The molecule has 12 rings (SSSR count). The number of nitrogens with zero attached hydrogens (tertiary/aromatic N) is 2. The molecule has 4 heteroatoms. The highest BCUT2D eigenvalue weighted by Gasteiger charge is 2.23. The van der Waals surface area contributed by atoms with Gasteiger partial charge in [0, 0.05) is 52.7 Å². The minimum Gasteiger partial charge on any atom is -0.454 e. The fourth-order valence-corrected chi connectivity index (χ4v) is 10.4. The number of furan rings is 1. The minimum absolute atomic E-state index is 0.848. The van der Waals surface area contributed by atoms with Gasteiger partial charge in [-0.1, -0.05) is 140 Å². The topological polar surface area (TPSA) is 31.0 Å². The normalized spacial score (nSPS) is 12.0. The summed E-state index contributed by atoms with van der Waals surface area (Å²) in [5, 5.41) is 8.44. The number of hydrogen-bond donors (Lipinski definition) is 0. The number of pyridine rings is 1. The molecule has 0 N–H and O–H groups in total. The van der Waals surface area contributed by atoms with Crippen molar-refractivity contribution in [3.05, 3.63) is 181 Å². The zero-order valence-corrected chi connectivity index (χ0v) is 31.3. The number of benzene rings is 8. The van der Waals surface area contributed by atoms with Gasteiger partial charge in [0.1, 0.15) is 5.58 Å². The Hall–Kier alpha value is -7.01. The van der Waals surface area contributed by atoms with E-state index in [-0.39, 0.29) is 0 Å². The first kappa shape index (κ1) is 31.4. The third-order valence-corrected chi connectivity index (χ3v) is 12.8. The monoisotopic (exact) mass is 732 g/mol. The maximum atomic E-state index is 6.95. The lowest BCUT2D eigenvalue weighted by molar-refractivity contribution is 0.666. The van der Waals surface area contributed by atoms with Crippen LogP contribution in [0.4, 0.5) is 0 Å². The van der Waals surface area contributed by atoms with Gasteiger partial charge in [-0.2, -0.15) is 0 Å². The lowest BCUT2D eigenvalue weighted by Crippen LogP contribution is -1.96. The van der Waals surface area contributed by atoms with Gasteiger partial charge in [-0.3, -0.25) is 0 Å². The minimum atomic E-state index is 0.848. The van der Waals surface area contributed by atoms with Gasteiger partial charge in [-0.25, -0.2) is 4.98 Å². The van der Waals surface area contributed by atoms with E-state index in [0.29, 0.717) is 0 Å². The summed E-state index contributed by atoms with van der Waals surface area (Å²) >= 11 is 1.88. The van der Waals surface area contributed by atoms with Crippen LogP contribution in [0.1, 0.15) is 5.56 Å². The summed E-state index contributed by atoms with van der Waals surface area (Å²) in [6.45, 7) is 2.22. The van der Waals surface area contributed by atoms with Gasteiger partial charge in [0.05, 0.1) is 27.9 Å². The third kappa shape index (κ3) is 4.48. The molecular weight excluding hydrogens is 701 g/mol. The molecule has 0 aliphatic carbocycles. The van der Waals surface area contributed by atoms with Crippen LogP contribution in [0, 0.1) is 6.92 Å². The highest BCUT2D eigenvalue weighted by atomic mass is 32.1. The Morgan fingerprint density at radius 3 is 2.07 bits per heavy atom. The molecule has 0 bridgehead atoms. The molecule has 0 amide bonds. The van der Waals surface area contributed by atoms with Crippen LogP contribution in [0.5, 0.6) is 0 Å². The van der Waals surface area contributed by atoms with Crippen LogP contribution in [-0.4, -0.2) is 9.55 Å². The average Bonchev–Trinajstić information content (AvgIpc) is 3.94. The molecule has 0 atom stereocenters. The van der Waals surface area contributed by atoms with Crippen molar-refractivity contribution in [2.24, 2.45) is 0 Å². The first-order valence-electron chi connectivity index (χ1n) is 19.0. The molecule has 3 nitrogen and oxygen atoms in total. The van der Waals surface area contributed by atoms with Gasteiger partial charge in [-0.15, -0.1) is 11.3 Å². The van der Waals surface area contributed by atoms with Crippen molar-refractivity contribution in [2.75, 3.05) is 0 Å². The van der Waals surface area contributed by atoms with Crippen molar-refractivity contribution in [1.82, 2.24) is 9.55 Å². The molecule has 0 radical (unpaired) electrons. The predicted octanol–water partition coefficient (Wildman–Crippen LogP) is 14.9. The van der Waals surface area contributed by atoms with E-state index < -0.39 is 0 Å². The number of aromatic nitrogens is 2. The van der Waals surface area contributed by atoms with Gasteiger partial charge in [0.15, 0.2) is 5.58 Å². The van der Waals surface area contributed by atoms with Crippen molar-refractivity contribution in [1.29, 1.82) is 0 Å². The van der Waals surface area contributed by atoms with Crippen molar-refractivity contribution in [2.45, 2.75) is 6.92 Å². The largest absolute Gasteiger partial charge is 0.454 e. The van der Waals surface area contributed by atoms with E-state index in [4.69, 9.17) is 9.40 Å². The number of hydrogen-bond acceptors (Lipinski definition) is 3. The van der Waals surface area contributed by atoms with Crippen LogP contribution in [0.3, 0.4) is 0 Å². The lowest BCUT2D eigenvalue weighted by Gasteiger charge is -2.16. The van der Waals surface area contributed by atoms with Gasteiger partial charge in [0.25, 0.3) is 0 Å². The van der Waals surface area contributed by atoms with E-state index in [1.807, 2.05) is 11.3 Å². The summed E-state index contributed by atoms with van der Waals surface area (Å²) in [7, 11) is 0. The Bertz CT molecular complexity index is 3530. The maximum Gasteiger partial charge on any atom is 0.159 e. The molecular formula is C52H32N2OS. The van der Waals surface area contributed by atoms with Crippen LogP contribution < -0.4 is 0 Å². The highest BCUT2D eigenvalue weighted by molar-refractivity contribution is 7.26. The number of rotatable bonds is 4. The summed E-state index contributed by atoms with van der Waals surface area (Å²) < 4.78 is 12.0. The van der Waals surface area contributed by atoms with Crippen LogP contribution in [0.2, 0.25) is 0 Å². The van der Waals surface area contributed by atoms with Crippen molar-refractivity contribution < 1.29 is 4.42 Å². The first-order valence-corrected chi connectivity index (χ1v) is 19.9. The number of fused-ring (bicyclic) bond motifs is 11. The Morgan fingerprint density at radius 1 is 0.500 bits per heavy atom. The van der Waals surface area contributed by atoms with Crippen molar-refractivity contribution in [3.8, 4) is 39.2 Å². The van der Waals surface area contributed by atoms with Crippen LogP contribution in [-0.2, 0) is 0 Å². The van der Waals surface area contributed by atoms with Gasteiger partial charge < -0.3 is 8.98 Å². The fourth-order valence-electron chi connectivity index (χ4n) is 9.10. The molecule has 0 fully saturated rings. The van der Waals surface area contributed by atoms with E-state index in [1.165, 1.54) is 58.7 Å². The molecule has 262 valence electrons. The van der Waals surface area contributed by atoms with E-state index in [9.17, 15) is 0 Å². The second-order valence-electron chi connectivity index (χ2n) is 14.6. The van der Waals surface area contributed by atoms with E-state index in [2.05, 4.69) is 187 Å². The molecule has 56 heavy (non-hydrogen) atoms. The molecule has 0 saturated carbocycles. The Kier molecular flexibility index (Phi) is 6.72. The third-order valence-electron chi connectivity index (χ3n) is 11.6. The summed E-state index contributed by atoms with van der Waals surface area (Å²) in [5.41, 5.74) is 14.0. The van der Waals surface area contributed by atoms with E-state index >= 15 is 0 Å². The van der Waals surface area contributed by atoms with Crippen LogP contribution in [0.25, 0.3) is 114 Å². The van der Waals surface area contributed by atoms with E-state index in [1.54, 1.807) is 0 Å². The second kappa shape index (κ2) is 12.0. The molecule has 0 aliphatic heterocycles. The zero-order chi connectivity index (χ0) is 36.9. The molecule has 4 heterocycles. The molecule has 4 aromatic heterocycles. The van der Waals surface area contributed by atoms with Crippen molar-refractivity contribution >= 4 is 86.2 Å². The molecule has 0 unspecified atom stereocenters. The zero-order valence-electron chi connectivity index (χ0n) is 30.5. The van der Waals surface area contributed by atoms with E-state index in [0.717, 1.165) is 60.9 Å². The first-order chi connectivity index (χ1) is 27.7. The molecule has 0 spiro atoms.